The van der Waals surface area contributed by atoms with Crippen LogP contribution in [-0.2, 0) is 0 Å². The Morgan fingerprint density at radius 3 is 2.17 bits per heavy atom. The van der Waals surface area contributed by atoms with E-state index in [4.69, 9.17) is 0 Å². The highest BCUT2D eigenvalue weighted by Crippen LogP contribution is 2.29. The van der Waals surface area contributed by atoms with E-state index in [-0.39, 0.29) is 0 Å². The number of aryl methyl sites for hydroxylation is 3. The maximum absolute atomic E-state index is 2.30. The van der Waals surface area contributed by atoms with Gasteiger partial charge in [-0.3, -0.25) is 0 Å². The van der Waals surface area contributed by atoms with Crippen molar-refractivity contribution in [1.82, 2.24) is 0 Å². The Bertz CT molecular complexity index is 589. The maximum Gasteiger partial charge on any atom is -0.0146 e. The van der Waals surface area contributed by atoms with E-state index in [9.17, 15) is 0 Å². The highest BCUT2D eigenvalue weighted by molar-refractivity contribution is 5.74. The first kappa shape index (κ1) is 12.6. The summed E-state index contributed by atoms with van der Waals surface area (Å²) in [5.41, 5.74) is 7.99. The fraction of sp³-hybridized carbons (Fsp3) is 0.222. The standard InChI is InChI=1S/C18H20/c1-5-8-16-12-18(15(4)11-14(16)3)17-10-7-6-9-13(17)2/h5-12H,1-4H3/b8-5-. The van der Waals surface area contributed by atoms with Crippen LogP contribution in [0.4, 0.5) is 0 Å². The minimum atomic E-state index is 1.31. The normalized spacial score (nSPS) is 11.1. The van der Waals surface area contributed by atoms with Gasteiger partial charge >= 0.3 is 0 Å². The van der Waals surface area contributed by atoms with E-state index in [1.54, 1.807) is 0 Å². The van der Waals surface area contributed by atoms with Gasteiger partial charge in [-0.25, -0.2) is 0 Å². The second kappa shape index (κ2) is 5.22. The van der Waals surface area contributed by atoms with Gasteiger partial charge in [0.1, 0.15) is 0 Å². The van der Waals surface area contributed by atoms with E-state index in [0.29, 0.717) is 0 Å². The van der Waals surface area contributed by atoms with Crippen molar-refractivity contribution in [3.8, 4) is 11.1 Å². The Hall–Kier alpha value is -1.82. The first-order chi connectivity index (χ1) is 8.63. The van der Waals surface area contributed by atoms with Crippen LogP contribution in [0.25, 0.3) is 17.2 Å². The second-order valence-corrected chi connectivity index (χ2v) is 4.84. The third-order valence-corrected chi connectivity index (χ3v) is 3.39. The van der Waals surface area contributed by atoms with Crippen LogP contribution in [0.2, 0.25) is 0 Å². The molecule has 0 fully saturated rings. The SMILES string of the molecule is C/C=C\c1cc(-c2ccccc2C)c(C)cc1C. The predicted octanol–water partition coefficient (Wildman–Crippen LogP) is 5.31. The van der Waals surface area contributed by atoms with Gasteiger partial charge in [-0.1, -0.05) is 42.5 Å². The van der Waals surface area contributed by atoms with Crippen molar-refractivity contribution in [3.63, 3.8) is 0 Å². The number of allylic oxidation sites excluding steroid dienone is 1. The molecule has 0 aromatic heterocycles. The molecule has 0 heteroatoms. The van der Waals surface area contributed by atoms with Gasteiger partial charge in [0.2, 0.25) is 0 Å². The maximum atomic E-state index is 2.30. The van der Waals surface area contributed by atoms with E-state index in [1.807, 2.05) is 0 Å². The van der Waals surface area contributed by atoms with Crippen LogP contribution in [-0.4, -0.2) is 0 Å². The molecule has 0 atom stereocenters. The second-order valence-electron chi connectivity index (χ2n) is 4.84. The minimum Gasteiger partial charge on any atom is -0.0871 e. The Balaban J connectivity index is 2.65. The van der Waals surface area contributed by atoms with Crippen LogP contribution in [0, 0.1) is 20.8 Å². The van der Waals surface area contributed by atoms with E-state index >= 15 is 0 Å². The molecule has 0 unspecified atom stereocenters. The average molecular weight is 236 g/mol. The quantitative estimate of drug-likeness (QED) is 0.662. The molecule has 92 valence electrons. The lowest BCUT2D eigenvalue weighted by Crippen LogP contribution is -1.90. The Morgan fingerprint density at radius 2 is 1.50 bits per heavy atom. The van der Waals surface area contributed by atoms with E-state index < -0.39 is 0 Å². The van der Waals surface area contributed by atoms with Gasteiger partial charge in [0.15, 0.2) is 0 Å². The number of benzene rings is 2. The summed E-state index contributed by atoms with van der Waals surface area (Å²) in [7, 11) is 0. The molecule has 0 spiro atoms. The summed E-state index contributed by atoms with van der Waals surface area (Å²) in [6.45, 7) is 8.59. The Morgan fingerprint density at radius 1 is 0.778 bits per heavy atom. The van der Waals surface area contributed by atoms with Crippen molar-refractivity contribution >= 4 is 6.08 Å². The Labute approximate surface area is 110 Å². The number of rotatable bonds is 2. The highest BCUT2D eigenvalue weighted by atomic mass is 14.1. The molecule has 2 rings (SSSR count). The first-order valence-electron chi connectivity index (χ1n) is 6.43. The molecular formula is C18H20. The molecular weight excluding hydrogens is 216 g/mol. The van der Waals surface area contributed by atoms with Gasteiger partial charge in [-0.2, -0.15) is 0 Å². The van der Waals surface area contributed by atoms with E-state index in [2.05, 4.69) is 76.2 Å². The fourth-order valence-corrected chi connectivity index (χ4v) is 2.39. The van der Waals surface area contributed by atoms with Gasteiger partial charge in [-0.05, 0) is 67.1 Å². The van der Waals surface area contributed by atoms with Crippen molar-refractivity contribution in [2.75, 3.05) is 0 Å². The van der Waals surface area contributed by atoms with Crippen LogP contribution in [0.15, 0.2) is 42.5 Å². The molecule has 0 aliphatic rings. The zero-order valence-electron chi connectivity index (χ0n) is 11.6. The largest absolute Gasteiger partial charge is 0.0871 e. The van der Waals surface area contributed by atoms with E-state index in [0.717, 1.165) is 0 Å². The average Bonchev–Trinajstić information content (AvgIpc) is 2.34. The molecule has 0 bridgehead atoms. The summed E-state index contributed by atoms with van der Waals surface area (Å²) in [4.78, 5) is 0. The molecule has 2 aromatic carbocycles. The molecule has 0 nitrogen and oxygen atoms in total. The van der Waals surface area contributed by atoms with Gasteiger partial charge in [0.25, 0.3) is 0 Å². The number of hydrogen-bond donors (Lipinski definition) is 0. The molecule has 0 saturated carbocycles. The minimum absolute atomic E-state index is 1.31. The summed E-state index contributed by atoms with van der Waals surface area (Å²) >= 11 is 0. The molecule has 0 radical (unpaired) electrons. The first-order valence-corrected chi connectivity index (χ1v) is 6.43. The molecule has 2 aromatic rings. The molecule has 0 aliphatic heterocycles. The Kier molecular flexibility index (Phi) is 3.66. The fourth-order valence-electron chi connectivity index (χ4n) is 2.39. The predicted molar refractivity (Wildman–Crippen MR) is 80.8 cm³/mol. The molecule has 0 amide bonds. The van der Waals surface area contributed by atoms with Crippen molar-refractivity contribution in [1.29, 1.82) is 0 Å². The summed E-state index contributed by atoms with van der Waals surface area (Å²) in [6, 6.07) is 13.1. The van der Waals surface area contributed by atoms with Gasteiger partial charge in [0.05, 0.1) is 0 Å². The van der Waals surface area contributed by atoms with Crippen molar-refractivity contribution in [3.05, 3.63) is 64.7 Å². The number of hydrogen-bond acceptors (Lipinski definition) is 0. The lowest BCUT2D eigenvalue weighted by molar-refractivity contribution is 1.35. The van der Waals surface area contributed by atoms with Gasteiger partial charge in [-0.15, -0.1) is 0 Å². The van der Waals surface area contributed by atoms with Crippen LogP contribution in [0.5, 0.6) is 0 Å². The topological polar surface area (TPSA) is 0 Å². The van der Waals surface area contributed by atoms with Crippen LogP contribution >= 0.6 is 0 Å². The zero-order chi connectivity index (χ0) is 13.1. The molecule has 0 aliphatic carbocycles. The van der Waals surface area contributed by atoms with Crippen molar-refractivity contribution in [2.45, 2.75) is 27.7 Å². The molecule has 0 N–H and O–H groups in total. The molecule has 0 saturated heterocycles. The third-order valence-electron chi connectivity index (χ3n) is 3.39. The summed E-state index contributed by atoms with van der Waals surface area (Å²) in [5, 5.41) is 0. The highest BCUT2D eigenvalue weighted by Gasteiger charge is 2.07. The zero-order valence-corrected chi connectivity index (χ0v) is 11.6. The monoisotopic (exact) mass is 236 g/mol. The molecule has 18 heavy (non-hydrogen) atoms. The van der Waals surface area contributed by atoms with Crippen LogP contribution < -0.4 is 0 Å². The van der Waals surface area contributed by atoms with E-state index in [1.165, 1.54) is 33.4 Å². The lowest BCUT2D eigenvalue weighted by atomic mass is 9.92. The molecule has 0 heterocycles. The summed E-state index contributed by atoms with van der Waals surface area (Å²) in [5.74, 6) is 0. The van der Waals surface area contributed by atoms with Gasteiger partial charge < -0.3 is 0 Å². The lowest BCUT2D eigenvalue weighted by Gasteiger charge is -2.12. The van der Waals surface area contributed by atoms with Crippen molar-refractivity contribution in [2.24, 2.45) is 0 Å². The third kappa shape index (κ3) is 2.38. The smallest absolute Gasteiger partial charge is 0.0146 e. The van der Waals surface area contributed by atoms with Crippen molar-refractivity contribution < 1.29 is 0 Å². The van der Waals surface area contributed by atoms with Crippen LogP contribution in [0.3, 0.4) is 0 Å². The van der Waals surface area contributed by atoms with Gasteiger partial charge in [0, 0.05) is 0 Å². The van der Waals surface area contributed by atoms with Crippen LogP contribution in [0.1, 0.15) is 29.2 Å². The summed E-state index contributed by atoms with van der Waals surface area (Å²) < 4.78 is 0. The summed E-state index contributed by atoms with van der Waals surface area (Å²) in [6.07, 6.45) is 4.27.